The van der Waals surface area contributed by atoms with Crippen LogP contribution in [0.5, 0.6) is 0 Å². The first kappa shape index (κ1) is 21.6. The van der Waals surface area contributed by atoms with Gasteiger partial charge in [-0.1, -0.05) is 0 Å². The summed E-state index contributed by atoms with van der Waals surface area (Å²) in [6.45, 7) is 1.01. The molecular weight excluding hydrogens is 355 g/mol. The predicted octanol–water partition coefficient (Wildman–Crippen LogP) is -4.74. The molecule has 132 valence electrons. The Bertz CT molecular complexity index is 573. The van der Waals surface area contributed by atoms with Crippen LogP contribution >= 0.6 is 0 Å². The van der Waals surface area contributed by atoms with Gasteiger partial charge in [0.2, 0.25) is 10.4 Å². The minimum absolute atomic E-state index is 0. The van der Waals surface area contributed by atoms with Crippen molar-refractivity contribution < 1.29 is 61.2 Å². The molecule has 0 aromatic carbocycles. The van der Waals surface area contributed by atoms with E-state index in [1.807, 2.05) is 19.0 Å². The SMILES string of the molecule is CN(C)CCONC(=O)C1CC[C@@H]2CN1C(=O)N2OS(=O)(=O)[O-].[Na+]. The average molecular weight is 374 g/mol. The van der Waals surface area contributed by atoms with Gasteiger partial charge in [0.25, 0.3) is 5.91 Å². The van der Waals surface area contributed by atoms with E-state index in [0.29, 0.717) is 24.4 Å². The maximum Gasteiger partial charge on any atom is 1.00 e. The molecule has 0 radical (unpaired) electrons. The number of nitrogens with one attached hydrogen (secondary N) is 1. The van der Waals surface area contributed by atoms with Gasteiger partial charge < -0.3 is 14.4 Å². The van der Waals surface area contributed by atoms with Gasteiger partial charge in [0.1, 0.15) is 6.04 Å². The summed E-state index contributed by atoms with van der Waals surface area (Å²) in [7, 11) is -1.33. The van der Waals surface area contributed by atoms with Crippen LogP contribution < -0.4 is 35.0 Å². The van der Waals surface area contributed by atoms with Crippen molar-refractivity contribution in [2.75, 3.05) is 33.8 Å². The normalized spacial score (nSPS) is 23.4. The van der Waals surface area contributed by atoms with Gasteiger partial charge in [-0.25, -0.2) is 18.7 Å². The molecule has 2 atom stereocenters. The molecule has 1 unspecified atom stereocenters. The molecule has 3 amide bonds. The third kappa shape index (κ3) is 5.52. The smallest absolute Gasteiger partial charge is 0.724 e. The van der Waals surface area contributed by atoms with Crippen LogP contribution in [0.25, 0.3) is 0 Å². The van der Waals surface area contributed by atoms with Crippen molar-refractivity contribution in [3.63, 3.8) is 0 Å². The van der Waals surface area contributed by atoms with Gasteiger partial charge in [-0.2, -0.15) is 9.35 Å². The van der Waals surface area contributed by atoms with Crippen LogP contribution in [0.15, 0.2) is 0 Å². The van der Waals surface area contributed by atoms with Gasteiger partial charge in [-0.15, -0.1) is 0 Å². The molecule has 2 aliphatic heterocycles. The molecule has 0 aromatic rings. The fourth-order valence-corrected chi connectivity index (χ4v) is 2.90. The van der Waals surface area contributed by atoms with E-state index in [2.05, 4.69) is 9.76 Å². The molecule has 0 aromatic heterocycles. The topological polar surface area (TPSA) is 132 Å². The number of fused-ring (bicyclic) bond motifs is 2. The number of carbonyl (C=O) groups excluding carboxylic acids is 2. The number of likely N-dealkylation sites (N-methyl/N-ethyl adjacent to an activating group) is 1. The number of carbonyl (C=O) groups is 2. The van der Waals surface area contributed by atoms with E-state index in [9.17, 15) is 22.6 Å². The number of hydroxylamine groups is 3. The third-order valence-electron chi connectivity index (χ3n) is 3.61. The predicted molar refractivity (Wildman–Crippen MR) is 74.2 cm³/mol. The molecule has 2 saturated heterocycles. The van der Waals surface area contributed by atoms with Crippen LogP contribution in [-0.2, 0) is 24.3 Å². The molecule has 2 fully saturated rings. The summed E-state index contributed by atoms with van der Waals surface area (Å²) in [5.74, 6) is -0.498. The van der Waals surface area contributed by atoms with E-state index in [1.54, 1.807) is 0 Å². The molecule has 2 heterocycles. The second-order valence-electron chi connectivity index (χ2n) is 5.61. The van der Waals surface area contributed by atoms with Crippen LogP contribution in [0.2, 0.25) is 0 Å². The Labute approximate surface area is 162 Å². The number of urea groups is 1. The Morgan fingerprint density at radius 1 is 1.42 bits per heavy atom. The quantitative estimate of drug-likeness (QED) is 0.155. The van der Waals surface area contributed by atoms with E-state index in [-0.39, 0.29) is 42.7 Å². The average Bonchev–Trinajstić information content (AvgIpc) is 2.67. The monoisotopic (exact) mass is 374 g/mol. The zero-order valence-corrected chi connectivity index (χ0v) is 16.6. The Hall–Kier alpha value is -0.470. The number of hydrogen-bond donors (Lipinski definition) is 1. The van der Waals surface area contributed by atoms with E-state index >= 15 is 0 Å². The van der Waals surface area contributed by atoms with Gasteiger partial charge in [0.15, 0.2) is 0 Å². The number of hydrogen-bond acceptors (Lipinski definition) is 8. The van der Waals surface area contributed by atoms with Crippen molar-refractivity contribution in [3.8, 4) is 0 Å². The summed E-state index contributed by atoms with van der Waals surface area (Å²) < 4.78 is 36.2. The standard InChI is InChI=1S/C11H20N4O7S.Na/c1-13(2)5-6-21-12-10(16)9-4-3-8-7-14(9)11(17)15(8)22-23(18,19)20;/h8-9H,3-7H2,1-2H3,(H,12,16)(H,18,19,20);/q;+1/p-1/t8-,9?;/m1./s1. The van der Waals surface area contributed by atoms with E-state index in [0.717, 1.165) is 0 Å². The summed E-state index contributed by atoms with van der Waals surface area (Å²) in [5.41, 5.74) is 2.28. The molecule has 13 heteroatoms. The second kappa shape index (κ2) is 8.76. The van der Waals surface area contributed by atoms with Crippen LogP contribution in [0, 0.1) is 0 Å². The van der Waals surface area contributed by atoms with Crippen LogP contribution in [0.4, 0.5) is 4.79 Å². The van der Waals surface area contributed by atoms with Crippen molar-refractivity contribution in [1.29, 1.82) is 0 Å². The summed E-state index contributed by atoms with van der Waals surface area (Å²) in [6, 6.07) is -2.17. The largest absolute Gasteiger partial charge is 1.00 e. The van der Waals surface area contributed by atoms with Gasteiger partial charge in [0, 0.05) is 13.1 Å². The van der Waals surface area contributed by atoms with Crippen molar-refractivity contribution >= 4 is 22.3 Å². The Morgan fingerprint density at radius 3 is 2.67 bits per heavy atom. The van der Waals surface area contributed by atoms with Crippen molar-refractivity contribution in [1.82, 2.24) is 20.3 Å². The molecule has 24 heavy (non-hydrogen) atoms. The number of rotatable bonds is 7. The molecule has 2 rings (SSSR count). The summed E-state index contributed by atoms with van der Waals surface area (Å²) >= 11 is 0. The molecule has 0 aliphatic carbocycles. The summed E-state index contributed by atoms with van der Waals surface area (Å²) in [5, 5.41) is 0.530. The minimum atomic E-state index is -5.04. The van der Waals surface area contributed by atoms with Gasteiger partial charge in [-0.05, 0) is 26.9 Å². The molecular formula is C11H19N4NaO7S. The maximum absolute atomic E-state index is 12.1. The fourth-order valence-electron chi connectivity index (χ4n) is 2.52. The van der Waals surface area contributed by atoms with Gasteiger partial charge >= 0.3 is 35.6 Å². The van der Waals surface area contributed by atoms with Gasteiger partial charge in [-0.3, -0.25) is 9.63 Å². The van der Waals surface area contributed by atoms with Crippen molar-refractivity contribution in [2.24, 2.45) is 0 Å². The Balaban J connectivity index is 0.00000288. The first-order chi connectivity index (χ1) is 10.7. The Kier molecular flexibility index (Phi) is 7.87. The molecule has 0 spiro atoms. The number of nitrogens with zero attached hydrogens (tertiary/aromatic N) is 3. The summed E-state index contributed by atoms with van der Waals surface area (Å²) in [6.07, 6.45) is 0.658. The van der Waals surface area contributed by atoms with Gasteiger partial charge in [0.05, 0.1) is 12.6 Å². The molecule has 1 N–H and O–H groups in total. The van der Waals surface area contributed by atoms with Crippen LogP contribution in [0.1, 0.15) is 12.8 Å². The third-order valence-corrected chi connectivity index (χ3v) is 3.95. The number of amides is 3. The zero-order chi connectivity index (χ0) is 17.2. The fraction of sp³-hybridized carbons (Fsp3) is 0.818. The van der Waals surface area contributed by atoms with Crippen molar-refractivity contribution in [3.05, 3.63) is 0 Å². The first-order valence-electron chi connectivity index (χ1n) is 7.00. The van der Waals surface area contributed by atoms with Crippen molar-refractivity contribution in [2.45, 2.75) is 24.9 Å². The molecule has 2 aliphatic rings. The minimum Gasteiger partial charge on any atom is -0.724 e. The molecule has 2 bridgehead atoms. The van der Waals surface area contributed by atoms with Crippen LogP contribution in [-0.4, -0.2) is 85.6 Å². The van der Waals surface area contributed by atoms with Crippen LogP contribution in [0.3, 0.4) is 0 Å². The summed E-state index contributed by atoms with van der Waals surface area (Å²) in [4.78, 5) is 32.3. The molecule has 0 saturated carbocycles. The Morgan fingerprint density at radius 2 is 2.08 bits per heavy atom. The zero-order valence-electron chi connectivity index (χ0n) is 13.8. The first-order valence-corrected chi connectivity index (χ1v) is 8.34. The number of piperidine rings is 1. The van der Waals surface area contributed by atoms with E-state index in [1.165, 1.54) is 4.90 Å². The van der Waals surface area contributed by atoms with E-state index < -0.39 is 34.4 Å². The maximum atomic E-state index is 12.1. The molecule has 11 nitrogen and oxygen atoms in total. The second-order valence-corrected chi connectivity index (χ2v) is 6.57. The van der Waals surface area contributed by atoms with E-state index in [4.69, 9.17) is 4.84 Å².